The molecule has 2 aromatic rings. The van der Waals surface area contributed by atoms with Gasteiger partial charge in [-0.25, -0.2) is 9.18 Å². The molecule has 0 saturated heterocycles. The van der Waals surface area contributed by atoms with Crippen LogP contribution < -0.4 is 10.1 Å². The van der Waals surface area contributed by atoms with Crippen LogP contribution in [-0.2, 0) is 19.1 Å². The minimum Gasteiger partial charge on any atom is -0.482 e. The lowest BCUT2D eigenvalue weighted by Gasteiger charge is -2.17. The number of likely N-dealkylation sites (N-methyl/N-ethyl adjacent to an activating group) is 1. The first-order chi connectivity index (χ1) is 14.3. The highest BCUT2D eigenvalue weighted by molar-refractivity contribution is 5.94. The van der Waals surface area contributed by atoms with Crippen molar-refractivity contribution in [2.45, 2.75) is 19.8 Å². The Kier molecular flexibility index (Phi) is 8.34. The van der Waals surface area contributed by atoms with Crippen LogP contribution in [0.4, 0.5) is 10.1 Å². The maximum atomic E-state index is 12.9. The third-order valence-corrected chi connectivity index (χ3v) is 4.18. The van der Waals surface area contributed by atoms with Gasteiger partial charge in [-0.1, -0.05) is 32.0 Å². The average Bonchev–Trinajstić information content (AvgIpc) is 2.72. The van der Waals surface area contributed by atoms with Crippen LogP contribution in [0.1, 0.15) is 25.3 Å². The molecule has 1 N–H and O–H groups in total. The first kappa shape index (κ1) is 22.9. The van der Waals surface area contributed by atoms with Crippen LogP contribution >= 0.6 is 0 Å². The fraction of sp³-hybridized carbons (Fsp3) is 0.318. The second kappa shape index (κ2) is 10.9. The van der Waals surface area contributed by atoms with Crippen LogP contribution in [-0.4, -0.2) is 49.5 Å². The molecule has 0 atom stereocenters. The second-order valence-corrected chi connectivity index (χ2v) is 6.95. The van der Waals surface area contributed by atoms with Crippen LogP contribution in [0.3, 0.4) is 0 Å². The van der Waals surface area contributed by atoms with E-state index < -0.39 is 30.2 Å². The van der Waals surface area contributed by atoms with Crippen LogP contribution in [0.15, 0.2) is 48.5 Å². The molecule has 0 aliphatic rings. The Morgan fingerprint density at radius 1 is 1.03 bits per heavy atom. The highest BCUT2D eigenvalue weighted by atomic mass is 19.1. The Labute approximate surface area is 174 Å². The van der Waals surface area contributed by atoms with Crippen molar-refractivity contribution < 1.29 is 28.2 Å². The molecule has 0 aliphatic heterocycles. The Bertz CT molecular complexity index is 883. The van der Waals surface area contributed by atoms with Gasteiger partial charge in [0.15, 0.2) is 13.2 Å². The van der Waals surface area contributed by atoms with E-state index in [0.717, 1.165) is 10.5 Å². The van der Waals surface area contributed by atoms with Crippen molar-refractivity contribution >= 4 is 23.5 Å². The highest BCUT2D eigenvalue weighted by Crippen LogP contribution is 2.25. The number of esters is 1. The lowest BCUT2D eigenvalue weighted by Crippen LogP contribution is -2.37. The molecule has 2 aromatic carbocycles. The van der Waals surface area contributed by atoms with E-state index in [4.69, 9.17) is 9.47 Å². The van der Waals surface area contributed by atoms with Crippen molar-refractivity contribution in [2.75, 3.05) is 32.1 Å². The predicted molar refractivity (Wildman–Crippen MR) is 110 cm³/mol. The van der Waals surface area contributed by atoms with Gasteiger partial charge in [0.25, 0.3) is 5.91 Å². The molecule has 0 heterocycles. The standard InChI is InChI=1S/C22H25FN2O5/c1-15(2)18-6-4-5-7-19(18)29-14-22(28)30-13-21(27)25(3)12-20(26)24-17-10-8-16(23)9-11-17/h4-11,15H,12-14H2,1-3H3,(H,24,26). The summed E-state index contributed by atoms with van der Waals surface area (Å²) in [7, 11) is 1.41. The van der Waals surface area contributed by atoms with Crippen molar-refractivity contribution in [1.29, 1.82) is 0 Å². The molecule has 8 heteroatoms. The maximum Gasteiger partial charge on any atom is 0.344 e. The number of nitrogens with one attached hydrogen (secondary N) is 1. The number of halogens is 1. The second-order valence-electron chi connectivity index (χ2n) is 6.95. The molecule has 0 unspecified atom stereocenters. The zero-order valence-electron chi connectivity index (χ0n) is 17.2. The van der Waals surface area contributed by atoms with Crippen LogP contribution in [0.5, 0.6) is 5.75 Å². The fourth-order valence-corrected chi connectivity index (χ4v) is 2.56. The number of rotatable bonds is 9. The van der Waals surface area contributed by atoms with E-state index in [2.05, 4.69) is 5.32 Å². The summed E-state index contributed by atoms with van der Waals surface area (Å²) in [6.45, 7) is 2.95. The van der Waals surface area contributed by atoms with Crippen LogP contribution in [0, 0.1) is 5.82 Å². The third-order valence-electron chi connectivity index (χ3n) is 4.18. The SMILES string of the molecule is CC(C)c1ccccc1OCC(=O)OCC(=O)N(C)CC(=O)Nc1ccc(F)cc1. The lowest BCUT2D eigenvalue weighted by molar-refractivity contribution is -0.153. The molecule has 0 bridgehead atoms. The van der Waals surface area contributed by atoms with Crippen molar-refractivity contribution in [2.24, 2.45) is 0 Å². The van der Waals surface area contributed by atoms with Gasteiger partial charge in [-0.05, 0) is 41.8 Å². The van der Waals surface area contributed by atoms with Crippen LogP contribution in [0.25, 0.3) is 0 Å². The molecule has 7 nitrogen and oxygen atoms in total. The Hall–Kier alpha value is -3.42. The van der Waals surface area contributed by atoms with Gasteiger partial charge < -0.3 is 19.7 Å². The number of amides is 2. The van der Waals surface area contributed by atoms with Gasteiger partial charge in [-0.2, -0.15) is 0 Å². The number of carbonyl (C=O) groups is 3. The molecule has 0 fully saturated rings. The van der Waals surface area contributed by atoms with E-state index in [-0.39, 0.29) is 19.1 Å². The molecule has 0 aromatic heterocycles. The van der Waals surface area contributed by atoms with E-state index in [0.29, 0.717) is 11.4 Å². The van der Waals surface area contributed by atoms with Gasteiger partial charge in [-0.3, -0.25) is 9.59 Å². The normalized spacial score (nSPS) is 10.4. The Morgan fingerprint density at radius 3 is 2.37 bits per heavy atom. The molecule has 0 saturated carbocycles. The number of nitrogens with zero attached hydrogens (tertiary/aromatic N) is 1. The number of hydrogen-bond donors (Lipinski definition) is 1. The number of benzene rings is 2. The Balaban J connectivity index is 1.74. The summed E-state index contributed by atoms with van der Waals surface area (Å²) in [6, 6.07) is 12.6. The average molecular weight is 416 g/mol. The van der Waals surface area contributed by atoms with Crippen molar-refractivity contribution in [3.05, 3.63) is 59.9 Å². The number of ether oxygens (including phenoxy) is 2. The summed E-state index contributed by atoms with van der Waals surface area (Å²) in [5.74, 6) is -1.29. The Morgan fingerprint density at radius 2 is 1.70 bits per heavy atom. The summed E-state index contributed by atoms with van der Waals surface area (Å²) in [5, 5.41) is 2.55. The quantitative estimate of drug-likeness (QED) is 0.636. The van der Waals surface area contributed by atoms with Gasteiger partial charge >= 0.3 is 5.97 Å². The molecule has 160 valence electrons. The van der Waals surface area contributed by atoms with Crippen molar-refractivity contribution in [1.82, 2.24) is 4.90 Å². The number of carbonyl (C=O) groups excluding carboxylic acids is 3. The molecular weight excluding hydrogens is 391 g/mol. The van der Waals surface area contributed by atoms with Crippen molar-refractivity contribution in [3.63, 3.8) is 0 Å². The monoisotopic (exact) mass is 416 g/mol. The van der Waals surface area contributed by atoms with Gasteiger partial charge in [0.2, 0.25) is 5.91 Å². The highest BCUT2D eigenvalue weighted by Gasteiger charge is 2.16. The predicted octanol–water partition coefficient (Wildman–Crippen LogP) is 2.97. The summed E-state index contributed by atoms with van der Waals surface area (Å²) in [5.41, 5.74) is 1.38. The molecule has 2 amide bonds. The summed E-state index contributed by atoms with van der Waals surface area (Å²) in [6.07, 6.45) is 0. The smallest absolute Gasteiger partial charge is 0.344 e. The number of para-hydroxylation sites is 1. The van der Waals surface area contributed by atoms with E-state index in [9.17, 15) is 18.8 Å². The summed E-state index contributed by atoms with van der Waals surface area (Å²) >= 11 is 0. The van der Waals surface area contributed by atoms with Gasteiger partial charge in [0.1, 0.15) is 11.6 Å². The van der Waals surface area contributed by atoms with Gasteiger partial charge in [-0.15, -0.1) is 0 Å². The van der Waals surface area contributed by atoms with E-state index in [1.807, 2.05) is 32.0 Å². The van der Waals surface area contributed by atoms with E-state index >= 15 is 0 Å². The molecule has 0 radical (unpaired) electrons. The fourth-order valence-electron chi connectivity index (χ4n) is 2.56. The zero-order valence-corrected chi connectivity index (χ0v) is 17.2. The number of hydrogen-bond acceptors (Lipinski definition) is 5. The van der Waals surface area contributed by atoms with E-state index in [1.165, 1.54) is 31.3 Å². The first-order valence-electron chi connectivity index (χ1n) is 9.43. The minimum absolute atomic E-state index is 0.230. The third kappa shape index (κ3) is 7.20. The van der Waals surface area contributed by atoms with Gasteiger partial charge in [0, 0.05) is 12.7 Å². The van der Waals surface area contributed by atoms with Crippen molar-refractivity contribution in [3.8, 4) is 5.75 Å². The molecule has 0 spiro atoms. The summed E-state index contributed by atoms with van der Waals surface area (Å²) in [4.78, 5) is 37.1. The van der Waals surface area contributed by atoms with Gasteiger partial charge in [0.05, 0.1) is 6.54 Å². The maximum absolute atomic E-state index is 12.9. The molecule has 2 rings (SSSR count). The summed E-state index contributed by atoms with van der Waals surface area (Å²) < 4.78 is 23.3. The molecular formula is C22H25FN2O5. The lowest BCUT2D eigenvalue weighted by atomic mass is 10.0. The minimum atomic E-state index is -0.689. The topological polar surface area (TPSA) is 84.9 Å². The molecule has 0 aliphatic carbocycles. The molecule has 30 heavy (non-hydrogen) atoms. The zero-order chi connectivity index (χ0) is 22.1. The first-order valence-corrected chi connectivity index (χ1v) is 9.43. The number of anilines is 1. The largest absolute Gasteiger partial charge is 0.482 e. The van der Waals surface area contributed by atoms with Crippen LogP contribution in [0.2, 0.25) is 0 Å². The van der Waals surface area contributed by atoms with E-state index in [1.54, 1.807) is 6.07 Å².